The van der Waals surface area contributed by atoms with Gasteiger partial charge in [-0.15, -0.1) is 0 Å². The molecule has 3 aliphatic rings. The number of rotatable bonds is 3. The summed E-state index contributed by atoms with van der Waals surface area (Å²) in [6, 6.07) is 9.13. The van der Waals surface area contributed by atoms with Gasteiger partial charge in [0.15, 0.2) is 0 Å². The van der Waals surface area contributed by atoms with Crippen molar-refractivity contribution in [2.24, 2.45) is 23.7 Å². The lowest BCUT2D eigenvalue weighted by atomic mass is 9.75. The van der Waals surface area contributed by atoms with Crippen LogP contribution in [0, 0.1) is 23.7 Å². The first-order valence-corrected chi connectivity index (χ1v) is 9.63. The van der Waals surface area contributed by atoms with E-state index in [1.54, 1.807) is 30.6 Å². The van der Waals surface area contributed by atoms with E-state index in [0.717, 1.165) is 5.56 Å². The van der Waals surface area contributed by atoms with Crippen LogP contribution in [-0.4, -0.2) is 23.1 Å². The number of amides is 1. The van der Waals surface area contributed by atoms with E-state index in [2.05, 4.69) is 17.2 Å². The summed E-state index contributed by atoms with van der Waals surface area (Å²) in [6.45, 7) is 2.26. The number of halogens is 2. The van der Waals surface area contributed by atoms with Gasteiger partial charge in [0.1, 0.15) is 0 Å². The SMILES string of the molecule is CC1C2C1[C@@H]1O[C@H]2[C@H](C(=O)Nc2ccc(Cl)c(Cl)c2)[C@H]1c1ccncc1. The summed E-state index contributed by atoms with van der Waals surface area (Å²) in [5.74, 6) is 1.55. The lowest BCUT2D eigenvalue weighted by Gasteiger charge is -2.27. The molecular formula is C20H18Cl2N2O2. The second-order valence-electron chi connectivity index (χ2n) is 7.53. The third-order valence-electron chi connectivity index (χ3n) is 6.27. The van der Waals surface area contributed by atoms with Crippen molar-refractivity contribution < 1.29 is 9.53 Å². The summed E-state index contributed by atoms with van der Waals surface area (Å²) < 4.78 is 6.26. The topological polar surface area (TPSA) is 51.2 Å². The highest BCUT2D eigenvalue weighted by molar-refractivity contribution is 6.42. The molecule has 1 aromatic carbocycles. The van der Waals surface area contributed by atoms with Crippen molar-refractivity contribution in [2.45, 2.75) is 25.0 Å². The Morgan fingerprint density at radius 3 is 2.54 bits per heavy atom. The van der Waals surface area contributed by atoms with Crippen LogP contribution < -0.4 is 5.32 Å². The Morgan fingerprint density at radius 1 is 1.08 bits per heavy atom. The highest BCUT2D eigenvalue weighted by Crippen LogP contribution is 2.68. The number of fused-ring (bicyclic) bond motifs is 5. The summed E-state index contributed by atoms with van der Waals surface area (Å²) >= 11 is 12.0. The minimum Gasteiger partial charge on any atom is -0.373 e. The molecule has 0 radical (unpaired) electrons. The Hall–Kier alpha value is -1.62. The number of aromatic nitrogens is 1. The molecule has 2 aromatic rings. The van der Waals surface area contributed by atoms with E-state index in [9.17, 15) is 4.79 Å². The van der Waals surface area contributed by atoms with Gasteiger partial charge in [0.2, 0.25) is 5.91 Å². The van der Waals surface area contributed by atoms with Gasteiger partial charge in [0, 0.05) is 24.0 Å². The summed E-state index contributed by atoms with van der Waals surface area (Å²) in [4.78, 5) is 17.3. The third kappa shape index (κ3) is 2.39. The van der Waals surface area contributed by atoms with Crippen LogP contribution in [0.25, 0.3) is 0 Å². The third-order valence-corrected chi connectivity index (χ3v) is 7.01. The number of hydrogen-bond donors (Lipinski definition) is 1. The van der Waals surface area contributed by atoms with E-state index in [0.29, 0.717) is 33.5 Å². The summed E-state index contributed by atoms with van der Waals surface area (Å²) in [5, 5.41) is 3.91. The molecule has 134 valence electrons. The largest absolute Gasteiger partial charge is 0.373 e. The molecule has 7 atom stereocenters. The van der Waals surface area contributed by atoms with Crippen molar-refractivity contribution >= 4 is 34.8 Å². The molecule has 3 heterocycles. The molecule has 1 saturated carbocycles. The molecule has 4 nitrogen and oxygen atoms in total. The zero-order valence-corrected chi connectivity index (χ0v) is 15.6. The summed E-state index contributed by atoms with van der Waals surface area (Å²) in [7, 11) is 0. The molecule has 0 spiro atoms. The predicted octanol–water partition coefficient (Wildman–Crippen LogP) is 4.39. The number of nitrogens with one attached hydrogen (secondary N) is 1. The monoisotopic (exact) mass is 388 g/mol. The molecule has 3 fully saturated rings. The molecular weight excluding hydrogens is 371 g/mol. The van der Waals surface area contributed by atoms with Crippen LogP contribution in [0.3, 0.4) is 0 Å². The van der Waals surface area contributed by atoms with Crippen molar-refractivity contribution in [1.29, 1.82) is 0 Å². The maximum Gasteiger partial charge on any atom is 0.230 e. The van der Waals surface area contributed by atoms with Crippen LogP contribution >= 0.6 is 23.2 Å². The van der Waals surface area contributed by atoms with E-state index >= 15 is 0 Å². The number of carbonyl (C=O) groups is 1. The standard InChI is InChI=1S/C20H18Cl2N2O2/c1-9-14-15(9)19-17(16(18(14)26-19)10-4-6-23-7-5-10)20(25)24-11-2-3-12(21)13(22)8-11/h2-9,14-19H,1H3,(H,24,25)/t9?,14?,15?,16-,17-,18+,19-/m1/s1. The van der Waals surface area contributed by atoms with Crippen LogP contribution in [-0.2, 0) is 9.53 Å². The summed E-state index contributed by atoms with van der Waals surface area (Å²) in [5.41, 5.74) is 1.78. The van der Waals surface area contributed by atoms with Gasteiger partial charge in [0.05, 0.1) is 28.2 Å². The summed E-state index contributed by atoms with van der Waals surface area (Å²) in [6.07, 6.45) is 3.67. The molecule has 3 unspecified atom stereocenters. The van der Waals surface area contributed by atoms with Crippen LogP contribution in [0.2, 0.25) is 10.0 Å². The fourth-order valence-corrected chi connectivity index (χ4v) is 5.37. The van der Waals surface area contributed by atoms with E-state index in [1.165, 1.54) is 0 Å². The van der Waals surface area contributed by atoms with Gasteiger partial charge in [-0.2, -0.15) is 0 Å². The van der Waals surface area contributed by atoms with Gasteiger partial charge in [0.25, 0.3) is 0 Å². The van der Waals surface area contributed by atoms with Crippen LogP contribution in [0.1, 0.15) is 18.4 Å². The first kappa shape index (κ1) is 16.5. The highest BCUT2D eigenvalue weighted by atomic mass is 35.5. The van der Waals surface area contributed by atoms with E-state index in [4.69, 9.17) is 27.9 Å². The molecule has 2 bridgehead atoms. The Morgan fingerprint density at radius 2 is 1.81 bits per heavy atom. The lowest BCUT2D eigenvalue weighted by molar-refractivity contribution is -0.122. The fourth-order valence-electron chi connectivity index (χ4n) is 5.08. The Balaban J connectivity index is 1.45. The number of benzene rings is 1. The fraction of sp³-hybridized carbons (Fsp3) is 0.400. The molecule has 2 saturated heterocycles. The molecule has 1 aliphatic carbocycles. The number of hydrogen-bond acceptors (Lipinski definition) is 3. The number of anilines is 1. The van der Waals surface area contributed by atoms with Crippen molar-refractivity contribution in [2.75, 3.05) is 5.32 Å². The second kappa shape index (κ2) is 5.95. The van der Waals surface area contributed by atoms with Gasteiger partial charge >= 0.3 is 0 Å². The molecule has 1 N–H and O–H groups in total. The average molecular weight is 389 g/mol. The molecule has 1 amide bonds. The maximum absolute atomic E-state index is 13.2. The number of ether oxygens (including phenoxy) is 1. The predicted molar refractivity (Wildman–Crippen MR) is 100 cm³/mol. The Kier molecular flexibility index (Phi) is 3.78. The molecule has 26 heavy (non-hydrogen) atoms. The van der Waals surface area contributed by atoms with E-state index in [1.807, 2.05) is 12.1 Å². The van der Waals surface area contributed by atoms with Crippen molar-refractivity contribution in [1.82, 2.24) is 4.98 Å². The van der Waals surface area contributed by atoms with Crippen LogP contribution in [0.5, 0.6) is 0 Å². The van der Waals surface area contributed by atoms with Gasteiger partial charge in [-0.05, 0) is 53.6 Å². The van der Waals surface area contributed by atoms with E-state index in [-0.39, 0.29) is 30.0 Å². The smallest absolute Gasteiger partial charge is 0.230 e. The van der Waals surface area contributed by atoms with Crippen LogP contribution in [0.4, 0.5) is 5.69 Å². The molecule has 1 aromatic heterocycles. The zero-order valence-electron chi connectivity index (χ0n) is 14.1. The van der Waals surface area contributed by atoms with Gasteiger partial charge < -0.3 is 10.1 Å². The first-order valence-electron chi connectivity index (χ1n) is 8.87. The number of nitrogens with zero attached hydrogens (tertiary/aromatic N) is 1. The molecule has 6 heteroatoms. The zero-order chi connectivity index (χ0) is 18.0. The second-order valence-corrected chi connectivity index (χ2v) is 8.34. The van der Waals surface area contributed by atoms with Crippen molar-refractivity contribution in [3.05, 3.63) is 58.3 Å². The average Bonchev–Trinajstić information content (AvgIpc) is 3.02. The Labute approximate surface area is 161 Å². The highest BCUT2D eigenvalue weighted by Gasteiger charge is 2.72. The lowest BCUT2D eigenvalue weighted by Crippen LogP contribution is -2.37. The normalized spacial score (nSPS) is 36.7. The number of carbonyl (C=O) groups excluding carboxylic acids is 1. The minimum atomic E-state index is -0.206. The Bertz CT molecular complexity index is 875. The van der Waals surface area contributed by atoms with Crippen LogP contribution in [0.15, 0.2) is 42.7 Å². The quantitative estimate of drug-likeness (QED) is 0.847. The first-order chi connectivity index (χ1) is 12.6. The van der Waals surface area contributed by atoms with Crippen molar-refractivity contribution in [3.63, 3.8) is 0 Å². The van der Waals surface area contributed by atoms with E-state index < -0.39 is 0 Å². The van der Waals surface area contributed by atoms with Gasteiger partial charge in [-0.1, -0.05) is 30.1 Å². The minimum absolute atomic E-state index is 0.0130. The van der Waals surface area contributed by atoms with Gasteiger partial charge in [-0.25, -0.2) is 0 Å². The molecule has 5 rings (SSSR count). The number of pyridine rings is 1. The van der Waals surface area contributed by atoms with Gasteiger partial charge in [-0.3, -0.25) is 9.78 Å². The maximum atomic E-state index is 13.2. The van der Waals surface area contributed by atoms with Crippen molar-refractivity contribution in [3.8, 4) is 0 Å². The molecule has 2 aliphatic heterocycles.